The predicted molar refractivity (Wildman–Crippen MR) is 103 cm³/mol. The number of nitrogens with zero attached hydrogens (tertiary/aromatic N) is 1. The number of carbonyl (C=O) groups excluding carboxylic acids is 3. The summed E-state index contributed by atoms with van der Waals surface area (Å²) in [5.41, 5.74) is 1.39. The summed E-state index contributed by atoms with van der Waals surface area (Å²) < 4.78 is 5.16. The molecule has 0 aliphatic heterocycles. The number of hydrogen-bond donors (Lipinski definition) is 3. The molecule has 3 N–H and O–H groups in total. The fourth-order valence-corrected chi connectivity index (χ4v) is 2.39. The maximum atomic E-state index is 12.4. The Hall–Kier alpha value is -3.94. The summed E-state index contributed by atoms with van der Waals surface area (Å²) in [6, 6.07) is 14.8. The van der Waals surface area contributed by atoms with Crippen molar-refractivity contribution in [3.8, 4) is 0 Å². The number of rotatable bonds is 6. The van der Waals surface area contributed by atoms with Gasteiger partial charge in [0.15, 0.2) is 0 Å². The zero-order chi connectivity index (χ0) is 19.9. The number of benzene rings is 1. The smallest absolute Gasteiger partial charge is 0.274 e. The minimum absolute atomic E-state index is 0.108. The second-order valence-corrected chi connectivity index (χ2v) is 5.88. The molecular formula is C20H18N4O4. The fourth-order valence-electron chi connectivity index (χ4n) is 2.39. The van der Waals surface area contributed by atoms with E-state index in [2.05, 4.69) is 20.9 Å². The van der Waals surface area contributed by atoms with Crippen molar-refractivity contribution in [1.29, 1.82) is 0 Å². The van der Waals surface area contributed by atoms with Gasteiger partial charge in [0.2, 0.25) is 5.91 Å². The van der Waals surface area contributed by atoms with Crippen molar-refractivity contribution in [2.24, 2.45) is 0 Å². The first-order valence-corrected chi connectivity index (χ1v) is 8.48. The summed E-state index contributed by atoms with van der Waals surface area (Å²) >= 11 is 0. The normalized spacial score (nSPS) is 10.2. The Morgan fingerprint density at radius 1 is 0.857 bits per heavy atom. The largest absolute Gasteiger partial charge is 0.467 e. The van der Waals surface area contributed by atoms with Crippen LogP contribution >= 0.6 is 0 Å². The number of furan rings is 1. The zero-order valence-electron chi connectivity index (χ0n) is 15.1. The quantitative estimate of drug-likeness (QED) is 0.610. The van der Waals surface area contributed by atoms with Crippen LogP contribution in [0.3, 0.4) is 0 Å². The van der Waals surface area contributed by atoms with E-state index < -0.39 is 11.8 Å². The lowest BCUT2D eigenvalue weighted by atomic mass is 10.2. The Bertz CT molecular complexity index is 982. The van der Waals surface area contributed by atoms with Crippen LogP contribution in [0.4, 0.5) is 11.4 Å². The molecule has 0 saturated heterocycles. The lowest BCUT2D eigenvalue weighted by molar-refractivity contribution is -0.114. The number of anilines is 2. The van der Waals surface area contributed by atoms with Crippen LogP contribution in [0.15, 0.2) is 65.3 Å². The van der Waals surface area contributed by atoms with Crippen LogP contribution in [0, 0.1) is 0 Å². The van der Waals surface area contributed by atoms with Crippen molar-refractivity contribution in [2.75, 3.05) is 10.6 Å². The monoisotopic (exact) mass is 378 g/mol. The highest BCUT2D eigenvalue weighted by Gasteiger charge is 2.13. The number of nitrogens with one attached hydrogen (secondary N) is 3. The van der Waals surface area contributed by atoms with Gasteiger partial charge in [-0.2, -0.15) is 0 Å². The molecule has 0 bridgehead atoms. The summed E-state index contributed by atoms with van der Waals surface area (Å²) in [7, 11) is 0. The van der Waals surface area contributed by atoms with E-state index in [9.17, 15) is 14.4 Å². The van der Waals surface area contributed by atoms with Gasteiger partial charge in [-0.3, -0.25) is 14.4 Å². The molecule has 0 radical (unpaired) electrons. The highest BCUT2D eigenvalue weighted by atomic mass is 16.3. The van der Waals surface area contributed by atoms with Crippen LogP contribution in [-0.4, -0.2) is 22.7 Å². The summed E-state index contributed by atoms with van der Waals surface area (Å²) in [6.07, 6.45) is 1.52. The number of aromatic nitrogens is 1. The molecule has 0 fully saturated rings. The topological polar surface area (TPSA) is 113 Å². The Balaban J connectivity index is 1.63. The molecule has 1 aromatic carbocycles. The van der Waals surface area contributed by atoms with Crippen LogP contribution < -0.4 is 16.0 Å². The van der Waals surface area contributed by atoms with Gasteiger partial charge in [0.25, 0.3) is 11.8 Å². The van der Waals surface area contributed by atoms with E-state index in [4.69, 9.17) is 4.42 Å². The number of hydrogen-bond acceptors (Lipinski definition) is 5. The molecule has 28 heavy (non-hydrogen) atoms. The van der Waals surface area contributed by atoms with E-state index >= 15 is 0 Å². The van der Waals surface area contributed by atoms with Crippen molar-refractivity contribution in [3.63, 3.8) is 0 Å². The SMILES string of the molecule is CC(=O)Nc1ccc(NC(=O)c2cccc(C(=O)NCc3ccco3)n2)cc1. The van der Waals surface area contributed by atoms with Gasteiger partial charge in [-0.25, -0.2) is 4.98 Å². The summed E-state index contributed by atoms with van der Waals surface area (Å²) in [5.74, 6) is -0.424. The highest BCUT2D eigenvalue weighted by molar-refractivity contribution is 6.04. The molecule has 0 aliphatic rings. The van der Waals surface area contributed by atoms with Crippen molar-refractivity contribution >= 4 is 29.1 Å². The first kappa shape index (κ1) is 18.8. The second kappa shape index (κ2) is 8.63. The van der Waals surface area contributed by atoms with Gasteiger partial charge in [-0.1, -0.05) is 6.07 Å². The van der Waals surface area contributed by atoms with Crippen LogP contribution in [0.1, 0.15) is 33.7 Å². The molecular weight excluding hydrogens is 360 g/mol. The third-order valence-corrected chi connectivity index (χ3v) is 3.68. The van der Waals surface area contributed by atoms with Crippen LogP contribution in [0.5, 0.6) is 0 Å². The Morgan fingerprint density at radius 2 is 1.50 bits per heavy atom. The fraction of sp³-hybridized carbons (Fsp3) is 0.100. The van der Waals surface area contributed by atoms with Crippen molar-refractivity contribution in [3.05, 3.63) is 78.0 Å². The Morgan fingerprint density at radius 3 is 2.11 bits per heavy atom. The molecule has 0 spiro atoms. The van der Waals surface area contributed by atoms with Crippen molar-refractivity contribution in [2.45, 2.75) is 13.5 Å². The van der Waals surface area contributed by atoms with Gasteiger partial charge >= 0.3 is 0 Å². The van der Waals surface area contributed by atoms with E-state index in [1.807, 2.05) is 0 Å². The van der Waals surface area contributed by atoms with E-state index in [0.29, 0.717) is 17.1 Å². The van der Waals surface area contributed by atoms with Gasteiger partial charge in [-0.15, -0.1) is 0 Å². The maximum Gasteiger partial charge on any atom is 0.274 e. The minimum atomic E-state index is -0.451. The third kappa shape index (κ3) is 5.04. The molecule has 0 aliphatic carbocycles. The average molecular weight is 378 g/mol. The van der Waals surface area contributed by atoms with Crippen LogP contribution in [0.25, 0.3) is 0 Å². The minimum Gasteiger partial charge on any atom is -0.467 e. The van der Waals surface area contributed by atoms with Gasteiger partial charge in [0.1, 0.15) is 17.1 Å². The Kier molecular flexibility index (Phi) is 5.81. The van der Waals surface area contributed by atoms with Crippen LogP contribution in [-0.2, 0) is 11.3 Å². The summed E-state index contributed by atoms with van der Waals surface area (Å²) in [4.78, 5) is 39.8. The molecule has 3 amide bonds. The summed E-state index contributed by atoms with van der Waals surface area (Å²) in [6.45, 7) is 1.64. The van der Waals surface area contributed by atoms with Crippen molar-refractivity contribution < 1.29 is 18.8 Å². The van der Waals surface area contributed by atoms with Crippen molar-refractivity contribution in [1.82, 2.24) is 10.3 Å². The second-order valence-electron chi connectivity index (χ2n) is 5.88. The molecule has 2 heterocycles. The molecule has 8 heteroatoms. The summed E-state index contributed by atoms with van der Waals surface area (Å²) in [5, 5.41) is 8.02. The lowest BCUT2D eigenvalue weighted by Gasteiger charge is -2.08. The lowest BCUT2D eigenvalue weighted by Crippen LogP contribution is -2.24. The molecule has 2 aromatic heterocycles. The molecule has 0 saturated carbocycles. The standard InChI is InChI=1S/C20H18N4O4/c1-13(25)22-14-7-9-15(10-8-14)23-20(27)18-6-2-5-17(24-18)19(26)21-12-16-4-3-11-28-16/h2-11H,12H2,1H3,(H,21,26)(H,22,25)(H,23,27). The maximum absolute atomic E-state index is 12.4. The number of carbonyl (C=O) groups is 3. The molecule has 0 unspecified atom stereocenters. The van der Waals surface area contributed by atoms with Gasteiger partial charge in [0.05, 0.1) is 12.8 Å². The van der Waals surface area contributed by atoms with E-state index in [-0.39, 0.29) is 23.8 Å². The molecule has 142 valence electrons. The first-order chi connectivity index (χ1) is 13.5. The van der Waals surface area contributed by atoms with Gasteiger partial charge in [0, 0.05) is 18.3 Å². The third-order valence-electron chi connectivity index (χ3n) is 3.68. The van der Waals surface area contributed by atoms with Gasteiger partial charge < -0.3 is 20.4 Å². The molecule has 3 rings (SSSR count). The van der Waals surface area contributed by atoms with E-state index in [1.54, 1.807) is 42.5 Å². The average Bonchev–Trinajstić information content (AvgIpc) is 3.21. The number of pyridine rings is 1. The number of amides is 3. The van der Waals surface area contributed by atoms with E-state index in [1.165, 1.54) is 25.3 Å². The first-order valence-electron chi connectivity index (χ1n) is 8.48. The Labute approximate surface area is 161 Å². The molecule has 8 nitrogen and oxygen atoms in total. The van der Waals surface area contributed by atoms with Gasteiger partial charge in [-0.05, 0) is 48.5 Å². The van der Waals surface area contributed by atoms with E-state index in [0.717, 1.165) is 0 Å². The molecule has 3 aromatic rings. The highest BCUT2D eigenvalue weighted by Crippen LogP contribution is 2.14. The zero-order valence-corrected chi connectivity index (χ0v) is 15.1. The molecule has 0 atom stereocenters. The van der Waals surface area contributed by atoms with Crippen LogP contribution in [0.2, 0.25) is 0 Å². The predicted octanol–water partition coefficient (Wildman–Crippen LogP) is 2.82.